The Morgan fingerprint density at radius 3 is 2.59 bits per heavy atom. The van der Waals surface area contributed by atoms with Gasteiger partial charge < -0.3 is 4.57 Å². The molecule has 5 rings (SSSR count). The van der Waals surface area contributed by atoms with Crippen LogP contribution in [-0.2, 0) is 13.6 Å². The highest BCUT2D eigenvalue weighted by atomic mass is 32.1. The first-order valence-corrected chi connectivity index (χ1v) is 10.1. The maximum absolute atomic E-state index is 13.5. The van der Waals surface area contributed by atoms with Crippen molar-refractivity contribution < 1.29 is 4.79 Å². The zero-order chi connectivity index (χ0) is 20.0. The number of benzene rings is 2. The van der Waals surface area contributed by atoms with Crippen molar-refractivity contribution in [3.63, 3.8) is 0 Å². The number of carbonyl (C=O) groups is 1. The fraction of sp³-hybridized carbons (Fsp3) is 0.0870. The number of thiophene rings is 1. The lowest BCUT2D eigenvalue weighted by molar-refractivity contribution is 0.0973. The van der Waals surface area contributed by atoms with Crippen LogP contribution in [0.15, 0.2) is 77.2 Å². The van der Waals surface area contributed by atoms with E-state index >= 15 is 0 Å². The van der Waals surface area contributed by atoms with Crippen LogP contribution in [-0.4, -0.2) is 19.9 Å². The quantitative estimate of drug-likeness (QED) is 0.418. The highest BCUT2D eigenvalue weighted by molar-refractivity contribution is 7.16. The Balaban J connectivity index is 1.68. The number of ketones is 1. The van der Waals surface area contributed by atoms with Crippen molar-refractivity contribution in [2.24, 2.45) is 7.05 Å². The van der Waals surface area contributed by atoms with Crippen LogP contribution < -0.4 is 5.56 Å². The molecule has 0 bridgehead atoms. The Labute approximate surface area is 170 Å². The van der Waals surface area contributed by atoms with Crippen molar-refractivity contribution in [3.8, 4) is 11.3 Å². The van der Waals surface area contributed by atoms with Gasteiger partial charge in [-0.1, -0.05) is 48.5 Å². The second kappa shape index (κ2) is 6.83. The Kier molecular flexibility index (Phi) is 4.14. The first kappa shape index (κ1) is 17.6. The molecule has 0 fully saturated rings. The van der Waals surface area contributed by atoms with E-state index in [-0.39, 0.29) is 17.9 Å². The third kappa shape index (κ3) is 2.80. The van der Waals surface area contributed by atoms with Gasteiger partial charge in [0, 0.05) is 18.0 Å². The molecule has 142 valence electrons. The first-order chi connectivity index (χ1) is 14.1. The molecule has 6 heteroatoms. The second-order valence-electron chi connectivity index (χ2n) is 6.91. The molecule has 0 spiro atoms. The van der Waals surface area contributed by atoms with E-state index in [0.29, 0.717) is 15.8 Å². The van der Waals surface area contributed by atoms with E-state index < -0.39 is 0 Å². The summed E-state index contributed by atoms with van der Waals surface area (Å²) < 4.78 is 3.44. The molecule has 3 heterocycles. The summed E-state index contributed by atoms with van der Waals surface area (Å²) >= 11 is 1.42. The van der Waals surface area contributed by atoms with E-state index in [0.717, 1.165) is 22.2 Å². The molecular formula is C23H17N3O2S. The molecule has 0 aliphatic heterocycles. The summed E-state index contributed by atoms with van der Waals surface area (Å²) in [5.41, 5.74) is 3.24. The minimum atomic E-state index is -0.189. The minimum absolute atomic E-state index is 0.0501. The van der Waals surface area contributed by atoms with Crippen LogP contribution >= 0.6 is 11.3 Å². The molecule has 5 nitrogen and oxygen atoms in total. The van der Waals surface area contributed by atoms with Crippen LogP contribution in [0.2, 0.25) is 0 Å². The Hall–Kier alpha value is -3.51. The zero-order valence-electron chi connectivity index (χ0n) is 15.7. The molecule has 0 amide bonds. The number of carbonyl (C=O) groups excluding carboxylic acids is 1. The minimum Gasteiger partial charge on any atom is -0.343 e. The van der Waals surface area contributed by atoms with E-state index in [2.05, 4.69) is 4.98 Å². The lowest BCUT2D eigenvalue weighted by Crippen LogP contribution is -2.24. The van der Waals surface area contributed by atoms with Gasteiger partial charge in [-0.05, 0) is 23.1 Å². The molecular weight excluding hydrogens is 382 g/mol. The monoisotopic (exact) mass is 399 g/mol. The third-order valence-electron chi connectivity index (χ3n) is 5.20. The number of rotatable bonds is 4. The average molecular weight is 399 g/mol. The number of hydrogen-bond acceptors (Lipinski definition) is 4. The Morgan fingerprint density at radius 1 is 1.00 bits per heavy atom. The molecule has 29 heavy (non-hydrogen) atoms. The van der Waals surface area contributed by atoms with Gasteiger partial charge in [-0.25, -0.2) is 4.98 Å². The maximum atomic E-state index is 13.5. The van der Waals surface area contributed by atoms with Gasteiger partial charge in [0.05, 0.1) is 29.5 Å². The fourth-order valence-corrected chi connectivity index (χ4v) is 4.57. The molecule has 0 atom stereocenters. The molecule has 0 unspecified atom stereocenters. The van der Waals surface area contributed by atoms with Gasteiger partial charge >= 0.3 is 0 Å². The van der Waals surface area contributed by atoms with Gasteiger partial charge in [0.15, 0.2) is 5.78 Å². The lowest BCUT2D eigenvalue weighted by atomic mass is 10.0. The van der Waals surface area contributed by atoms with Gasteiger partial charge in [-0.15, -0.1) is 11.3 Å². The van der Waals surface area contributed by atoms with E-state index in [1.54, 1.807) is 6.07 Å². The normalized spacial score (nSPS) is 11.3. The molecule has 0 radical (unpaired) electrons. The molecule has 0 saturated heterocycles. The SMILES string of the molecule is Cn1c(-c2ccccc2)c(C(=O)Cn2cnc3sccc3c2=O)c2ccccc21. The predicted molar refractivity (Wildman–Crippen MR) is 117 cm³/mol. The van der Waals surface area contributed by atoms with Crippen LogP contribution in [0.1, 0.15) is 10.4 Å². The first-order valence-electron chi connectivity index (χ1n) is 9.24. The van der Waals surface area contributed by atoms with E-state index in [4.69, 9.17) is 0 Å². The van der Waals surface area contributed by atoms with E-state index in [1.807, 2.05) is 71.6 Å². The van der Waals surface area contributed by atoms with Crippen molar-refractivity contribution in [3.05, 3.63) is 88.3 Å². The summed E-state index contributed by atoms with van der Waals surface area (Å²) in [6.45, 7) is -0.0501. The summed E-state index contributed by atoms with van der Waals surface area (Å²) in [5, 5.41) is 3.27. The number of hydrogen-bond donors (Lipinski definition) is 0. The van der Waals surface area contributed by atoms with Gasteiger partial charge in [-0.3, -0.25) is 14.2 Å². The van der Waals surface area contributed by atoms with Gasteiger partial charge in [-0.2, -0.15) is 0 Å². The molecule has 0 aliphatic rings. The van der Waals surface area contributed by atoms with Crippen molar-refractivity contribution in [2.45, 2.75) is 6.54 Å². The molecule has 3 aromatic heterocycles. The van der Waals surface area contributed by atoms with Gasteiger partial charge in [0.2, 0.25) is 0 Å². The highest BCUT2D eigenvalue weighted by Gasteiger charge is 2.22. The molecule has 0 N–H and O–H groups in total. The highest BCUT2D eigenvalue weighted by Crippen LogP contribution is 2.33. The Morgan fingerprint density at radius 2 is 1.76 bits per heavy atom. The average Bonchev–Trinajstić information content (AvgIpc) is 3.34. The summed E-state index contributed by atoms with van der Waals surface area (Å²) in [6.07, 6.45) is 1.46. The summed E-state index contributed by atoms with van der Waals surface area (Å²) in [5.74, 6) is -0.112. The third-order valence-corrected chi connectivity index (χ3v) is 6.02. The van der Waals surface area contributed by atoms with Crippen LogP contribution in [0.3, 0.4) is 0 Å². The van der Waals surface area contributed by atoms with Crippen molar-refractivity contribution in [1.82, 2.24) is 14.1 Å². The van der Waals surface area contributed by atoms with Crippen molar-refractivity contribution in [1.29, 1.82) is 0 Å². The van der Waals surface area contributed by atoms with Crippen molar-refractivity contribution in [2.75, 3.05) is 0 Å². The van der Waals surface area contributed by atoms with Gasteiger partial charge in [0.25, 0.3) is 5.56 Å². The number of para-hydroxylation sites is 1. The summed E-state index contributed by atoms with van der Waals surface area (Å²) in [4.78, 5) is 31.2. The van der Waals surface area contributed by atoms with E-state index in [9.17, 15) is 9.59 Å². The molecule has 5 aromatic rings. The van der Waals surface area contributed by atoms with Crippen LogP contribution in [0, 0.1) is 0 Å². The number of fused-ring (bicyclic) bond motifs is 2. The Bertz CT molecular complexity index is 1430. The van der Waals surface area contributed by atoms with Crippen LogP contribution in [0.25, 0.3) is 32.4 Å². The maximum Gasteiger partial charge on any atom is 0.262 e. The fourth-order valence-electron chi connectivity index (χ4n) is 3.85. The summed E-state index contributed by atoms with van der Waals surface area (Å²) in [7, 11) is 1.96. The summed E-state index contributed by atoms with van der Waals surface area (Å²) in [6, 6.07) is 19.5. The topological polar surface area (TPSA) is 56.9 Å². The standard InChI is InChI=1S/C23H17N3O2S/c1-25-18-10-6-5-9-16(18)20(21(25)15-7-3-2-4-8-15)19(27)13-26-14-24-22-17(23(26)28)11-12-29-22/h2-12,14H,13H2,1H3. The molecule has 0 aliphatic carbocycles. The lowest BCUT2D eigenvalue weighted by Gasteiger charge is -2.09. The second-order valence-corrected chi connectivity index (χ2v) is 7.80. The number of aromatic nitrogens is 3. The van der Waals surface area contributed by atoms with Gasteiger partial charge in [0.1, 0.15) is 4.83 Å². The smallest absolute Gasteiger partial charge is 0.262 e. The number of Topliss-reactive ketones (excluding diaryl/α,β-unsaturated/α-hetero) is 1. The zero-order valence-corrected chi connectivity index (χ0v) is 16.5. The predicted octanol–water partition coefficient (Wildman–Crippen LogP) is 4.50. The van der Waals surface area contributed by atoms with Crippen LogP contribution in [0.4, 0.5) is 0 Å². The molecule has 0 saturated carbocycles. The van der Waals surface area contributed by atoms with Crippen molar-refractivity contribution >= 4 is 38.2 Å². The number of nitrogens with zero attached hydrogens (tertiary/aromatic N) is 3. The van der Waals surface area contributed by atoms with Crippen LogP contribution in [0.5, 0.6) is 0 Å². The number of aryl methyl sites for hydroxylation is 1. The molecule has 2 aromatic carbocycles. The van der Waals surface area contributed by atoms with E-state index in [1.165, 1.54) is 22.2 Å². The largest absolute Gasteiger partial charge is 0.343 e.